The summed E-state index contributed by atoms with van der Waals surface area (Å²) in [6.45, 7) is 1.16. The summed E-state index contributed by atoms with van der Waals surface area (Å²) >= 11 is 0. The van der Waals surface area contributed by atoms with Gasteiger partial charge in [-0.05, 0) is 19.1 Å². The molecule has 1 aliphatic heterocycles. The van der Waals surface area contributed by atoms with Crippen molar-refractivity contribution in [3.63, 3.8) is 0 Å². The average molecular weight is 425 g/mol. The summed E-state index contributed by atoms with van der Waals surface area (Å²) in [4.78, 5) is 31.0. The molecule has 1 atom stereocenters. The summed E-state index contributed by atoms with van der Waals surface area (Å²) in [5, 5.41) is 2.17. The van der Waals surface area contributed by atoms with Gasteiger partial charge >= 0.3 is 6.03 Å². The number of carbonyl (C=O) groups is 2. The molecule has 2 heterocycles. The maximum atomic E-state index is 12.9. The largest absolute Gasteiger partial charge is 0.491 e. The highest BCUT2D eigenvalue weighted by molar-refractivity contribution is 7.89. The monoisotopic (exact) mass is 425 g/mol. The molecule has 156 valence electrons. The highest BCUT2D eigenvalue weighted by Crippen LogP contribution is 2.18. The number of nitrogens with one attached hydrogen (secondary N) is 3. The number of H-pyrrole nitrogens is 1. The second-order valence-electron chi connectivity index (χ2n) is 6.46. The standard InChI is InChI=1S/C17H20FN5O5S/c1-11(18)10-28-13-3-2-4-14(5-13)29(26,27)20-7-15-19-6-12(21-15)8-23-9-16(24)22-17(23)25/h2-6,11,20H,7-10H2,1H3,(H,19,21)(H,22,24,25). The molecule has 3 rings (SSSR count). The van der Waals surface area contributed by atoms with E-state index >= 15 is 0 Å². The number of hydrogen-bond acceptors (Lipinski definition) is 6. The number of sulfonamides is 1. The summed E-state index contributed by atoms with van der Waals surface area (Å²) in [6.07, 6.45) is 0.290. The van der Waals surface area contributed by atoms with Gasteiger partial charge in [0.1, 0.15) is 30.9 Å². The number of carbonyl (C=O) groups excluding carboxylic acids is 2. The topological polar surface area (TPSA) is 133 Å². The Morgan fingerprint density at radius 2 is 2.17 bits per heavy atom. The van der Waals surface area contributed by atoms with Crippen molar-refractivity contribution < 1.29 is 27.1 Å². The van der Waals surface area contributed by atoms with E-state index in [1.165, 1.54) is 36.2 Å². The third-order valence-electron chi connectivity index (χ3n) is 3.94. The maximum Gasteiger partial charge on any atom is 0.324 e. The van der Waals surface area contributed by atoms with Crippen LogP contribution in [0.25, 0.3) is 0 Å². The van der Waals surface area contributed by atoms with Gasteiger partial charge in [0, 0.05) is 6.07 Å². The molecule has 1 aromatic carbocycles. The molecule has 29 heavy (non-hydrogen) atoms. The fourth-order valence-corrected chi connectivity index (χ4v) is 3.60. The predicted molar refractivity (Wildman–Crippen MR) is 99.1 cm³/mol. The van der Waals surface area contributed by atoms with Crippen molar-refractivity contribution >= 4 is 22.0 Å². The van der Waals surface area contributed by atoms with Crippen molar-refractivity contribution in [2.45, 2.75) is 31.1 Å². The second-order valence-corrected chi connectivity index (χ2v) is 8.22. The van der Waals surface area contributed by atoms with E-state index in [2.05, 4.69) is 20.0 Å². The Kier molecular flexibility index (Phi) is 6.13. The van der Waals surface area contributed by atoms with Crippen molar-refractivity contribution in [1.82, 2.24) is 24.9 Å². The van der Waals surface area contributed by atoms with Crippen LogP contribution in [0.2, 0.25) is 0 Å². The Labute approximate surface area is 166 Å². The molecular formula is C17H20FN5O5S. The fraction of sp³-hybridized carbons (Fsp3) is 0.353. The summed E-state index contributed by atoms with van der Waals surface area (Å²) in [5.74, 6) is 0.207. The van der Waals surface area contributed by atoms with Gasteiger partial charge in [-0.25, -0.2) is 27.3 Å². The number of imidazole rings is 1. The van der Waals surface area contributed by atoms with E-state index in [1.54, 1.807) is 6.07 Å². The molecule has 10 nitrogen and oxygen atoms in total. The van der Waals surface area contributed by atoms with Crippen LogP contribution in [0.3, 0.4) is 0 Å². The molecule has 1 fully saturated rings. The normalized spacial score (nSPS) is 15.4. The van der Waals surface area contributed by atoms with Crippen LogP contribution in [0.1, 0.15) is 18.4 Å². The van der Waals surface area contributed by atoms with Crippen molar-refractivity contribution in [3.05, 3.63) is 42.0 Å². The summed E-state index contributed by atoms with van der Waals surface area (Å²) in [7, 11) is -3.85. The van der Waals surface area contributed by atoms with Crippen molar-refractivity contribution in [1.29, 1.82) is 0 Å². The number of aromatic amines is 1. The smallest absolute Gasteiger partial charge is 0.324 e. The number of urea groups is 1. The van der Waals surface area contributed by atoms with Crippen LogP contribution in [0.4, 0.5) is 9.18 Å². The first-order valence-corrected chi connectivity index (χ1v) is 10.2. The number of alkyl halides is 1. The SMILES string of the molecule is CC(F)COc1cccc(S(=O)(=O)NCc2ncc(CN3CC(=O)NC3=O)[nH]2)c1. The number of imide groups is 1. The van der Waals surface area contributed by atoms with Gasteiger partial charge in [0.15, 0.2) is 0 Å². The first kappa shape index (κ1) is 20.7. The molecule has 1 saturated heterocycles. The van der Waals surface area contributed by atoms with Gasteiger partial charge in [-0.2, -0.15) is 0 Å². The van der Waals surface area contributed by atoms with Gasteiger partial charge in [-0.15, -0.1) is 0 Å². The number of halogens is 1. The van der Waals surface area contributed by atoms with Gasteiger partial charge in [-0.1, -0.05) is 6.07 Å². The Morgan fingerprint density at radius 3 is 2.86 bits per heavy atom. The molecule has 0 saturated carbocycles. The van der Waals surface area contributed by atoms with Crippen molar-refractivity contribution in [2.24, 2.45) is 0 Å². The number of nitrogens with zero attached hydrogens (tertiary/aromatic N) is 2. The summed E-state index contributed by atoms with van der Waals surface area (Å²) in [6, 6.07) is 5.25. The zero-order valence-corrected chi connectivity index (χ0v) is 16.3. The Balaban J connectivity index is 1.59. The molecular weight excluding hydrogens is 405 g/mol. The third kappa shape index (κ3) is 5.51. The van der Waals surface area contributed by atoms with Crippen LogP contribution in [0, 0.1) is 0 Å². The minimum Gasteiger partial charge on any atom is -0.491 e. The van der Waals surface area contributed by atoms with E-state index in [4.69, 9.17) is 4.74 Å². The van der Waals surface area contributed by atoms with Crippen LogP contribution < -0.4 is 14.8 Å². The molecule has 3 N–H and O–H groups in total. The lowest BCUT2D eigenvalue weighted by atomic mass is 10.3. The van der Waals surface area contributed by atoms with Crippen LogP contribution in [0.5, 0.6) is 5.75 Å². The van der Waals surface area contributed by atoms with Gasteiger partial charge in [0.05, 0.1) is 29.9 Å². The lowest BCUT2D eigenvalue weighted by Crippen LogP contribution is -2.28. The van der Waals surface area contributed by atoms with Gasteiger partial charge in [0.2, 0.25) is 15.9 Å². The first-order chi connectivity index (χ1) is 13.7. The number of aromatic nitrogens is 2. The van der Waals surface area contributed by atoms with E-state index in [0.717, 1.165) is 0 Å². The molecule has 0 spiro atoms. The van der Waals surface area contributed by atoms with E-state index in [0.29, 0.717) is 11.5 Å². The van der Waals surface area contributed by atoms with Crippen LogP contribution in [-0.2, 0) is 27.9 Å². The van der Waals surface area contributed by atoms with Gasteiger partial charge in [-0.3, -0.25) is 10.1 Å². The molecule has 2 aromatic rings. The van der Waals surface area contributed by atoms with Crippen molar-refractivity contribution in [2.75, 3.05) is 13.2 Å². The number of benzene rings is 1. The molecule has 12 heteroatoms. The van der Waals surface area contributed by atoms with E-state index in [1.807, 2.05) is 0 Å². The number of rotatable bonds is 9. The molecule has 3 amide bonds. The molecule has 1 unspecified atom stereocenters. The molecule has 0 bridgehead atoms. The summed E-state index contributed by atoms with van der Waals surface area (Å²) in [5.41, 5.74) is 0.555. The Hall–Kier alpha value is -2.99. The maximum absolute atomic E-state index is 12.9. The minimum absolute atomic E-state index is 0.0273. The van der Waals surface area contributed by atoms with Crippen LogP contribution in [-0.4, -0.2) is 54.5 Å². The Bertz CT molecular complexity index is 1010. The van der Waals surface area contributed by atoms with Crippen LogP contribution >= 0.6 is 0 Å². The van der Waals surface area contributed by atoms with Crippen LogP contribution in [0.15, 0.2) is 35.4 Å². The first-order valence-electron chi connectivity index (χ1n) is 8.71. The van der Waals surface area contributed by atoms with Crippen molar-refractivity contribution in [3.8, 4) is 5.75 Å². The highest BCUT2D eigenvalue weighted by Gasteiger charge is 2.27. The highest BCUT2D eigenvalue weighted by atomic mass is 32.2. The molecule has 0 radical (unpaired) electrons. The third-order valence-corrected chi connectivity index (χ3v) is 5.33. The number of hydrogen-bond donors (Lipinski definition) is 3. The lowest BCUT2D eigenvalue weighted by Gasteiger charge is -2.11. The van der Waals surface area contributed by atoms with E-state index < -0.39 is 22.2 Å². The molecule has 0 aliphatic carbocycles. The molecule has 1 aromatic heterocycles. The predicted octanol–water partition coefficient (Wildman–Crippen LogP) is 0.677. The average Bonchev–Trinajstić information content (AvgIpc) is 3.24. The minimum atomic E-state index is -3.85. The van der Waals surface area contributed by atoms with E-state index in [-0.39, 0.29) is 42.8 Å². The number of ether oxygens (including phenoxy) is 1. The Morgan fingerprint density at radius 1 is 1.38 bits per heavy atom. The van der Waals surface area contributed by atoms with Gasteiger partial charge < -0.3 is 14.6 Å². The zero-order chi connectivity index (χ0) is 21.0. The fourth-order valence-electron chi connectivity index (χ4n) is 2.58. The quantitative estimate of drug-likeness (QED) is 0.506. The van der Waals surface area contributed by atoms with Gasteiger partial charge in [0.25, 0.3) is 0 Å². The summed E-state index contributed by atoms with van der Waals surface area (Å²) < 4.78 is 45.5. The second kappa shape index (κ2) is 8.57. The molecule has 1 aliphatic rings. The van der Waals surface area contributed by atoms with E-state index in [9.17, 15) is 22.4 Å². The number of amides is 3. The zero-order valence-electron chi connectivity index (χ0n) is 15.5. The lowest BCUT2D eigenvalue weighted by molar-refractivity contribution is -0.118.